The molecule has 1 rings (SSSR count). The van der Waals surface area contributed by atoms with Crippen molar-refractivity contribution in [3.05, 3.63) is 0 Å². The monoisotopic (exact) mass is 164 g/mol. The maximum absolute atomic E-state index is 10.8. The van der Waals surface area contributed by atoms with Crippen LogP contribution in [0.4, 0.5) is 0 Å². The molecule has 0 aromatic heterocycles. The van der Waals surface area contributed by atoms with Gasteiger partial charge in [-0.1, -0.05) is 0 Å². The van der Waals surface area contributed by atoms with Gasteiger partial charge < -0.3 is 5.11 Å². The van der Waals surface area contributed by atoms with Crippen LogP contribution in [0.2, 0.25) is 0 Å². The predicted molar refractivity (Wildman–Crippen MR) is 38.4 cm³/mol. The molecule has 0 spiro atoms. The fourth-order valence-electron chi connectivity index (χ4n) is 1.20. The molecule has 0 amide bonds. The lowest BCUT2D eigenvalue weighted by Crippen LogP contribution is -2.17. The van der Waals surface area contributed by atoms with Crippen molar-refractivity contribution in [2.24, 2.45) is 5.92 Å². The van der Waals surface area contributed by atoms with Crippen molar-refractivity contribution in [1.82, 2.24) is 0 Å². The molecule has 1 N–H and O–H groups in total. The van der Waals surface area contributed by atoms with Crippen molar-refractivity contribution in [3.63, 3.8) is 0 Å². The number of hydrogen-bond donors (Lipinski definition) is 1. The lowest BCUT2D eigenvalue weighted by molar-refractivity contribution is 0.138. The molecule has 1 aliphatic rings. The van der Waals surface area contributed by atoms with Crippen molar-refractivity contribution in [3.8, 4) is 0 Å². The van der Waals surface area contributed by atoms with Gasteiger partial charge in [-0.2, -0.15) is 0 Å². The number of rotatable bonds is 1. The molecule has 1 aliphatic heterocycles. The summed E-state index contributed by atoms with van der Waals surface area (Å²) in [5, 5.41) is 9.02. The van der Waals surface area contributed by atoms with Crippen LogP contribution in [0.15, 0.2) is 0 Å². The van der Waals surface area contributed by atoms with Crippen molar-refractivity contribution >= 4 is 9.84 Å². The van der Waals surface area contributed by atoms with Gasteiger partial charge in [-0.3, -0.25) is 0 Å². The molecule has 2 atom stereocenters. The third-order valence-electron chi connectivity index (χ3n) is 1.95. The van der Waals surface area contributed by atoms with Crippen molar-refractivity contribution in [2.45, 2.75) is 19.4 Å². The van der Waals surface area contributed by atoms with Gasteiger partial charge in [0.2, 0.25) is 0 Å². The van der Waals surface area contributed by atoms with E-state index in [2.05, 4.69) is 0 Å². The summed E-state index contributed by atoms with van der Waals surface area (Å²) in [7, 11) is -2.80. The molecule has 1 heterocycles. The Hall–Kier alpha value is -0.0900. The minimum atomic E-state index is -2.80. The van der Waals surface area contributed by atoms with Crippen molar-refractivity contribution in [2.75, 3.05) is 11.5 Å². The molecule has 1 unspecified atom stereocenters. The van der Waals surface area contributed by atoms with E-state index in [4.69, 9.17) is 5.11 Å². The third-order valence-corrected chi connectivity index (χ3v) is 3.74. The Morgan fingerprint density at radius 1 is 1.60 bits per heavy atom. The van der Waals surface area contributed by atoms with Crippen LogP contribution in [0.3, 0.4) is 0 Å². The number of aliphatic hydroxyl groups is 1. The van der Waals surface area contributed by atoms with Crippen LogP contribution in [0.1, 0.15) is 13.3 Å². The average molecular weight is 164 g/mol. The topological polar surface area (TPSA) is 54.4 Å². The zero-order valence-corrected chi connectivity index (χ0v) is 6.76. The quantitative estimate of drug-likeness (QED) is 0.584. The summed E-state index contributed by atoms with van der Waals surface area (Å²) in [6.45, 7) is 1.64. The molecule has 0 aromatic carbocycles. The first kappa shape index (κ1) is 8.01. The molecule has 0 aliphatic carbocycles. The third kappa shape index (κ3) is 1.70. The molecule has 3 nitrogen and oxygen atoms in total. The van der Waals surface area contributed by atoms with Gasteiger partial charge in [0, 0.05) is 0 Å². The summed E-state index contributed by atoms with van der Waals surface area (Å²) in [6.07, 6.45) is 0.150. The fraction of sp³-hybridized carbons (Fsp3) is 1.00. The number of aliphatic hydroxyl groups excluding tert-OH is 1. The molecular weight excluding hydrogens is 152 g/mol. The largest absolute Gasteiger partial charge is 0.393 e. The van der Waals surface area contributed by atoms with E-state index >= 15 is 0 Å². The first-order valence-electron chi connectivity index (χ1n) is 3.40. The second kappa shape index (κ2) is 2.51. The molecule has 60 valence electrons. The Bertz CT molecular complexity index is 205. The molecule has 1 fully saturated rings. The van der Waals surface area contributed by atoms with E-state index < -0.39 is 15.9 Å². The smallest absolute Gasteiger partial charge is 0.150 e. The van der Waals surface area contributed by atoms with Gasteiger partial charge in [0.05, 0.1) is 17.6 Å². The highest BCUT2D eigenvalue weighted by Gasteiger charge is 2.30. The van der Waals surface area contributed by atoms with Gasteiger partial charge in [-0.05, 0) is 19.3 Å². The zero-order chi connectivity index (χ0) is 7.78. The maximum atomic E-state index is 10.8. The highest BCUT2D eigenvalue weighted by Crippen LogP contribution is 2.21. The Morgan fingerprint density at radius 2 is 2.20 bits per heavy atom. The normalized spacial score (nSPS) is 34.0. The van der Waals surface area contributed by atoms with E-state index in [9.17, 15) is 8.42 Å². The standard InChI is InChI=1S/C6H12O3S/c1-5(7)6-2-3-10(8,9)4-6/h5-7H,2-4H2,1H3/t5-,6?/m1/s1. The molecule has 0 aromatic rings. The van der Waals surface area contributed by atoms with Crippen LogP contribution in [0.5, 0.6) is 0 Å². The summed E-state index contributed by atoms with van der Waals surface area (Å²) < 4.78 is 21.7. The first-order chi connectivity index (χ1) is 4.51. The fourth-order valence-corrected chi connectivity index (χ4v) is 3.13. The lowest BCUT2D eigenvalue weighted by Gasteiger charge is -2.09. The van der Waals surface area contributed by atoms with Crippen LogP contribution >= 0.6 is 0 Å². The maximum Gasteiger partial charge on any atom is 0.150 e. The minimum Gasteiger partial charge on any atom is -0.393 e. The minimum absolute atomic E-state index is 0.0231. The number of hydrogen-bond acceptors (Lipinski definition) is 3. The van der Waals surface area contributed by atoms with Gasteiger partial charge in [0.25, 0.3) is 0 Å². The van der Waals surface area contributed by atoms with E-state index in [1.807, 2.05) is 0 Å². The van der Waals surface area contributed by atoms with Gasteiger partial charge in [-0.15, -0.1) is 0 Å². The van der Waals surface area contributed by atoms with E-state index in [1.54, 1.807) is 6.92 Å². The van der Waals surface area contributed by atoms with E-state index in [1.165, 1.54) is 0 Å². The second-order valence-corrected chi connectivity index (χ2v) is 5.13. The van der Waals surface area contributed by atoms with Crippen LogP contribution in [0, 0.1) is 5.92 Å². The highest BCUT2D eigenvalue weighted by molar-refractivity contribution is 7.91. The second-order valence-electron chi connectivity index (χ2n) is 2.90. The molecular formula is C6H12O3S. The Labute approximate surface area is 61.0 Å². The molecule has 0 radical (unpaired) electrons. The zero-order valence-electron chi connectivity index (χ0n) is 5.95. The van der Waals surface area contributed by atoms with E-state index in [0.29, 0.717) is 6.42 Å². The highest BCUT2D eigenvalue weighted by atomic mass is 32.2. The summed E-state index contributed by atoms with van der Waals surface area (Å²) in [4.78, 5) is 0. The van der Waals surface area contributed by atoms with Gasteiger partial charge in [0.1, 0.15) is 0 Å². The first-order valence-corrected chi connectivity index (χ1v) is 5.22. The van der Waals surface area contributed by atoms with Gasteiger partial charge in [0.15, 0.2) is 9.84 Å². The SMILES string of the molecule is C[C@@H](O)C1CCS(=O)(=O)C1. The number of sulfone groups is 1. The van der Waals surface area contributed by atoms with Crippen LogP contribution in [-0.2, 0) is 9.84 Å². The summed E-state index contributed by atoms with van der Waals surface area (Å²) >= 11 is 0. The van der Waals surface area contributed by atoms with E-state index in [-0.39, 0.29) is 17.4 Å². The van der Waals surface area contributed by atoms with Crippen LogP contribution in [-0.4, -0.2) is 31.1 Å². The van der Waals surface area contributed by atoms with E-state index in [0.717, 1.165) is 0 Å². The lowest BCUT2D eigenvalue weighted by atomic mass is 10.0. The van der Waals surface area contributed by atoms with Gasteiger partial charge >= 0.3 is 0 Å². The van der Waals surface area contributed by atoms with Crippen LogP contribution < -0.4 is 0 Å². The van der Waals surface area contributed by atoms with Crippen LogP contribution in [0.25, 0.3) is 0 Å². The molecule has 0 saturated carbocycles. The molecule has 1 saturated heterocycles. The summed E-state index contributed by atoms with van der Waals surface area (Å²) in [6, 6.07) is 0. The van der Waals surface area contributed by atoms with Crippen molar-refractivity contribution < 1.29 is 13.5 Å². The molecule has 0 bridgehead atoms. The Morgan fingerprint density at radius 3 is 2.40 bits per heavy atom. The molecule has 10 heavy (non-hydrogen) atoms. The molecule has 4 heteroatoms. The van der Waals surface area contributed by atoms with Crippen molar-refractivity contribution in [1.29, 1.82) is 0 Å². The predicted octanol–water partition coefficient (Wildman–Crippen LogP) is -0.198. The summed E-state index contributed by atoms with van der Waals surface area (Å²) in [5.41, 5.74) is 0. The Balaban J connectivity index is 2.60. The summed E-state index contributed by atoms with van der Waals surface area (Å²) in [5.74, 6) is 0.401. The average Bonchev–Trinajstić information content (AvgIpc) is 2.10. The van der Waals surface area contributed by atoms with Gasteiger partial charge in [-0.25, -0.2) is 8.42 Å². The Kier molecular flexibility index (Phi) is 2.01.